The van der Waals surface area contributed by atoms with E-state index >= 15 is 0 Å². The first-order chi connectivity index (χ1) is 10.00. The van der Waals surface area contributed by atoms with Crippen LogP contribution >= 0.6 is 0 Å². The lowest BCUT2D eigenvalue weighted by Crippen LogP contribution is -2.24. The second-order valence-corrected chi connectivity index (χ2v) is 7.02. The summed E-state index contributed by atoms with van der Waals surface area (Å²) in [5.41, 5.74) is 1.06. The van der Waals surface area contributed by atoms with Crippen LogP contribution in [0, 0.1) is 5.92 Å². The van der Waals surface area contributed by atoms with E-state index in [0.29, 0.717) is 24.3 Å². The number of hydrogen-bond acceptors (Lipinski definition) is 4. The van der Waals surface area contributed by atoms with Crippen molar-refractivity contribution in [1.29, 1.82) is 0 Å². The van der Waals surface area contributed by atoms with E-state index in [2.05, 4.69) is 15.4 Å². The van der Waals surface area contributed by atoms with Crippen LogP contribution in [0.25, 0.3) is 0 Å². The zero-order chi connectivity index (χ0) is 15.3. The summed E-state index contributed by atoms with van der Waals surface area (Å²) in [5, 5.41) is 5.97. The van der Waals surface area contributed by atoms with Gasteiger partial charge in [-0.15, -0.1) is 0 Å². The van der Waals surface area contributed by atoms with Crippen molar-refractivity contribution in [2.45, 2.75) is 19.8 Å². The molecule has 1 saturated heterocycles. The molecular formula is C14H21N3O3S. The van der Waals surface area contributed by atoms with E-state index in [1.54, 1.807) is 24.3 Å². The molecule has 0 saturated carbocycles. The molecule has 1 aliphatic rings. The van der Waals surface area contributed by atoms with E-state index in [4.69, 9.17) is 0 Å². The van der Waals surface area contributed by atoms with E-state index in [9.17, 15) is 13.2 Å². The minimum absolute atomic E-state index is 0.0227. The third-order valence-corrected chi connectivity index (χ3v) is 4.80. The number of carbonyl (C=O) groups excluding carboxylic acids is 1. The van der Waals surface area contributed by atoms with Gasteiger partial charge in [-0.05, 0) is 37.6 Å². The quantitative estimate of drug-likeness (QED) is 0.741. The molecule has 6 nitrogen and oxygen atoms in total. The standard InChI is InChI=1S/C14H21N3O3S/c1-2-8-21(19,20)17-13-5-3-4-12(9-13)16-14(18)11-6-7-15-10-11/h3-5,9,11,15,17H,2,6-8,10H2,1H3,(H,16,18). The number of hydrogen-bond donors (Lipinski definition) is 3. The Morgan fingerprint density at radius 3 is 2.81 bits per heavy atom. The molecule has 1 aliphatic heterocycles. The molecule has 1 aromatic carbocycles. The fourth-order valence-electron chi connectivity index (χ4n) is 2.28. The van der Waals surface area contributed by atoms with Crippen molar-refractivity contribution in [3.05, 3.63) is 24.3 Å². The summed E-state index contributed by atoms with van der Waals surface area (Å²) in [6.45, 7) is 3.36. The lowest BCUT2D eigenvalue weighted by Gasteiger charge is -2.12. The highest BCUT2D eigenvalue weighted by atomic mass is 32.2. The molecule has 2 rings (SSSR count). The lowest BCUT2D eigenvalue weighted by atomic mass is 10.1. The maximum absolute atomic E-state index is 12.0. The lowest BCUT2D eigenvalue weighted by molar-refractivity contribution is -0.119. The molecule has 1 aromatic rings. The maximum Gasteiger partial charge on any atom is 0.232 e. The van der Waals surface area contributed by atoms with Gasteiger partial charge in [0.2, 0.25) is 15.9 Å². The number of nitrogens with one attached hydrogen (secondary N) is 3. The van der Waals surface area contributed by atoms with Gasteiger partial charge < -0.3 is 10.6 Å². The van der Waals surface area contributed by atoms with Crippen LogP contribution in [-0.4, -0.2) is 33.2 Å². The van der Waals surface area contributed by atoms with E-state index in [1.165, 1.54) is 0 Å². The van der Waals surface area contributed by atoms with Crippen molar-refractivity contribution in [3.63, 3.8) is 0 Å². The highest BCUT2D eigenvalue weighted by Crippen LogP contribution is 2.18. The van der Waals surface area contributed by atoms with Crippen LogP contribution in [0.2, 0.25) is 0 Å². The van der Waals surface area contributed by atoms with Gasteiger partial charge >= 0.3 is 0 Å². The number of rotatable bonds is 6. The summed E-state index contributed by atoms with van der Waals surface area (Å²) in [5.74, 6) is 0.0242. The van der Waals surface area contributed by atoms with Crippen molar-refractivity contribution in [2.24, 2.45) is 5.92 Å². The first-order valence-corrected chi connectivity index (χ1v) is 8.77. The molecule has 7 heteroatoms. The van der Waals surface area contributed by atoms with Crippen LogP contribution in [0.5, 0.6) is 0 Å². The van der Waals surface area contributed by atoms with Gasteiger partial charge in [0.25, 0.3) is 0 Å². The summed E-state index contributed by atoms with van der Waals surface area (Å²) < 4.78 is 26.0. The summed E-state index contributed by atoms with van der Waals surface area (Å²) in [7, 11) is -3.32. The predicted octanol–water partition coefficient (Wildman–Crippen LogP) is 1.39. The number of sulfonamides is 1. The highest BCUT2D eigenvalue weighted by molar-refractivity contribution is 7.92. The van der Waals surface area contributed by atoms with Gasteiger partial charge in [0.1, 0.15) is 0 Å². The Kier molecular flexibility index (Phi) is 5.19. The molecule has 0 spiro atoms. The Hall–Kier alpha value is -1.60. The second-order valence-electron chi connectivity index (χ2n) is 5.18. The molecule has 3 N–H and O–H groups in total. The Morgan fingerprint density at radius 2 is 2.14 bits per heavy atom. The van der Waals surface area contributed by atoms with E-state index in [-0.39, 0.29) is 17.6 Å². The summed E-state index contributed by atoms with van der Waals surface area (Å²) in [6.07, 6.45) is 1.38. The van der Waals surface area contributed by atoms with Crippen LogP contribution in [-0.2, 0) is 14.8 Å². The topological polar surface area (TPSA) is 87.3 Å². The van der Waals surface area contributed by atoms with Gasteiger partial charge in [-0.2, -0.15) is 0 Å². The first kappa shape index (κ1) is 15.8. The summed E-state index contributed by atoms with van der Waals surface area (Å²) >= 11 is 0. The fraction of sp³-hybridized carbons (Fsp3) is 0.500. The zero-order valence-electron chi connectivity index (χ0n) is 12.1. The monoisotopic (exact) mass is 311 g/mol. The number of anilines is 2. The molecule has 1 heterocycles. The normalized spacial score (nSPS) is 18.4. The average Bonchev–Trinajstić information content (AvgIpc) is 2.92. The van der Waals surface area contributed by atoms with Gasteiger partial charge in [-0.25, -0.2) is 8.42 Å². The van der Waals surface area contributed by atoms with Crippen LogP contribution in [0.15, 0.2) is 24.3 Å². The Balaban J connectivity index is 2.02. The predicted molar refractivity (Wildman–Crippen MR) is 83.7 cm³/mol. The van der Waals surface area contributed by atoms with Crippen LogP contribution in [0.4, 0.5) is 11.4 Å². The van der Waals surface area contributed by atoms with E-state index < -0.39 is 10.0 Å². The minimum atomic E-state index is -3.32. The average molecular weight is 311 g/mol. The maximum atomic E-state index is 12.0. The molecule has 1 amide bonds. The molecule has 0 radical (unpaired) electrons. The summed E-state index contributed by atoms with van der Waals surface area (Å²) in [4.78, 5) is 12.0. The molecule has 1 unspecified atom stereocenters. The Bertz CT molecular complexity index is 595. The van der Waals surface area contributed by atoms with Gasteiger partial charge in [0.05, 0.1) is 17.4 Å². The van der Waals surface area contributed by atoms with Crippen molar-refractivity contribution in [3.8, 4) is 0 Å². The largest absolute Gasteiger partial charge is 0.326 e. The van der Waals surface area contributed by atoms with Crippen molar-refractivity contribution in [1.82, 2.24) is 5.32 Å². The third kappa shape index (κ3) is 4.71. The molecule has 1 fully saturated rings. The Labute approximate surface area is 125 Å². The van der Waals surface area contributed by atoms with Gasteiger partial charge in [0, 0.05) is 12.2 Å². The molecule has 116 valence electrons. The van der Waals surface area contributed by atoms with E-state index in [0.717, 1.165) is 13.0 Å². The summed E-state index contributed by atoms with van der Waals surface area (Å²) in [6, 6.07) is 6.76. The van der Waals surface area contributed by atoms with Crippen LogP contribution in [0.1, 0.15) is 19.8 Å². The molecule has 1 atom stereocenters. The van der Waals surface area contributed by atoms with Crippen molar-refractivity contribution < 1.29 is 13.2 Å². The minimum Gasteiger partial charge on any atom is -0.326 e. The fourth-order valence-corrected chi connectivity index (χ4v) is 3.41. The molecule has 21 heavy (non-hydrogen) atoms. The van der Waals surface area contributed by atoms with Crippen LogP contribution in [0.3, 0.4) is 0 Å². The molecular weight excluding hydrogens is 290 g/mol. The van der Waals surface area contributed by atoms with Crippen molar-refractivity contribution >= 4 is 27.3 Å². The third-order valence-electron chi connectivity index (χ3n) is 3.31. The van der Waals surface area contributed by atoms with Gasteiger partial charge in [-0.1, -0.05) is 13.0 Å². The molecule has 0 aliphatic carbocycles. The number of amides is 1. The first-order valence-electron chi connectivity index (χ1n) is 7.12. The van der Waals surface area contributed by atoms with E-state index in [1.807, 2.05) is 6.92 Å². The molecule has 0 bridgehead atoms. The Morgan fingerprint density at radius 1 is 1.38 bits per heavy atom. The van der Waals surface area contributed by atoms with Gasteiger partial charge in [0.15, 0.2) is 0 Å². The number of carbonyl (C=O) groups is 1. The second kappa shape index (κ2) is 6.91. The van der Waals surface area contributed by atoms with Gasteiger partial charge in [-0.3, -0.25) is 9.52 Å². The van der Waals surface area contributed by atoms with Crippen LogP contribution < -0.4 is 15.4 Å². The number of benzene rings is 1. The highest BCUT2D eigenvalue weighted by Gasteiger charge is 2.22. The molecule has 0 aromatic heterocycles. The zero-order valence-corrected chi connectivity index (χ0v) is 12.9. The smallest absolute Gasteiger partial charge is 0.232 e. The SMILES string of the molecule is CCCS(=O)(=O)Nc1cccc(NC(=O)C2CCNC2)c1. The van der Waals surface area contributed by atoms with Crippen molar-refractivity contribution in [2.75, 3.05) is 28.9 Å².